The van der Waals surface area contributed by atoms with Gasteiger partial charge in [0.2, 0.25) is 0 Å². The van der Waals surface area contributed by atoms with Crippen molar-refractivity contribution >= 4 is 56.9 Å². The van der Waals surface area contributed by atoms with Crippen molar-refractivity contribution in [3.8, 4) is 11.5 Å². The summed E-state index contributed by atoms with van der Waals surface area (Å²) in [6, 6.07) is 11.5. The molecule has 3 aromatic rings. The van der Waals surface area contributed by atoms with E-state index >= 15 is 0 Å². The maximum absolute atomic E-state index is 10.7. The second-order valence-corrected chi connectivity index (χ2v) is 7.78. The molecule has 0 aliphatic heterocycles. The van der Waals surface area contributed by atoms with Crippen LogP contribution in [0.2, 0.25) is 10.0 Å². The lowest BCUT2D eigenvalue weighted by Gasteiger charge is -2.13. The molecule has 3 rings (SSSR count). The molecule has 0 saturated heterocycles. The zero-order chi connectivity index (χ0) is 22.4. The van der Waals surface area contributed by atoms with Crippen LogP contribution in [0.15, 0.2) is 58.2 Å². The molecule has 0 bridgehead atoms. The SMILES string of the molecule is COc1cc(C=NNc2ccc([N+](=O)[O-])cn2)c(Br)cc1OCc1ccc(Cl)cc1Cl. The van der Waals surface area contributed by atoms with Crippen molar-refractivity contribution in [3.63, 3.8) is 0 Å². The predicted molar refractivity (Wildman–Crippen MR) is 124 cm³/mol. The lowest BCUT2D eigenvalue weighted by Crippen LogP contribution is -2.00. The molecule has 0 aliphatic carbocycles. The van der Waals surface area contributed by atoms with Gasteiger partial charge in [-0.3, -0.25) is 15.5 Å². The number of hydrogen-bond acceptors (Lipinski definition) is 7. The Balaban J connectivity index is 1.70. The van der Waals surface area contributed by atoms with Gasteiger partial charge in [-0.2, -0.15) is 5.10 Å². The number of rotatable bonds is 8. The minimum Gasteiger partial charge on any atom is -0.493 e. The molecule has 0 spiro atoms. The molecular formula is C20H15BrCl2N4O4. The van der Waals surface area contributed by atoms with Crippen molar-refractivity contribution in [2.75, 3.05) is 12.5 Å². The first-order chi connectivity index (χ1) is 14.9. The monoisotopic (exact) mass is 524 g/mol. The minimum atomic E-state index is -0.520. The summed E-state index contributed by atoms with van der Waals surface area (Å²) in [7, 11) is 1.53. The highest BCUT2D eigenvalue weighted by atomic mass is 79.9. The van der Waals surface area contributed by atoms with Gasteiger partial charge in [0, 0.05) is 31.7 Å². The summed E-state index contributed by atoms with van der Waals surface area (Å²) >= 11 is 15.6. The van der Waals surface area contributed by atoms with Gasteiger partial charge in [-0.25, -0.2) is 4.98 Å². The summed E-state index contributed by atoms with van der Waals surface area (Å²) < 4.78 is 12.0. The molecule has 0 fully saturated rings. The van der Waals surface area contributed by atoms with E-state index in [1.165, 1.54) is 19.2 Å². The molecule has 1 heterocycles. The van der Waals surface area contributed by atoms with Crippen LogP contribution in [0.1, 0.15) is 11.1 Å². The van der Waals surface area contributed by atoms with Crippen molar-refractivity contribution in [2.24, 2.45) is 5.10 Å². The smallest absolute Gasteiger partial charge is 0.287 e. The van der Waals surface area contributed by atoms with Gasteiger partial charge in [-0.15, -0.1) is 0 Å². The number of nitrogens with one attached hydrogen (secondary N) is 1. The maximum atomic E-state index is 10.7. The Kier molecular flexibility index (Phi) is 7.67. The first kappa shape index (κ1) is 22.8. The molecule has 8 nitrogen and oxygen atoms in total. The molecule has 11 heteroatoms. The van der Waals surface area contributed by atoms with Gasteiger partial charge in [-0.05, 0) is 46.3 Å². The Morgan fingerprint density at radius 3 is 2.68 bits per heavy atom. The largest absolute Gasteiger partial charge is 0.493 e. The van der Waals surface area contributed by atoms with Gasteiger partial charge in [0.05, 0.1) is 18.2 Å². The number of methoxy groups -OCH3 is 1. The topological polar surface area (TPSA) is 98.9 Å². The van der Waals surface area contributed by atoms with Crippen molar-refractivity contribution in [1.29, 1.82) is 0 Å². The fraction of sp³-hybridized carbons (Fsp3) is 0.100. The molecule has 0 radical (unpaired) electrons. The van der Waals surface area contributed by atoms with E-state index < -0.39 is 4.92 Å². The molecule has 1 N–H and O–H groups in total. The second-order valence-electron chi connectivity index (χ2n) is 6.08. The summed E-state index contributed by atoms with van der Waals surface area (Å²) in [4.78, 5) is 14.1. The fourth-order valence-corrected chi connectivity index (χ4v) is 3.33. The molecule has 0 saturated carbocycles. The van der Waals surface area contributed by atoms with Crippen LogP contribution in [0.4, 0.5) is 11.5 Å². The van der Waals surface area contributed by atoms with E-state index in [4.69, 9.17) is 32.7 Å². The third kappa shape index (κ3) is 6.06. The second kappa shape index (κ2) is 10.4. The summed E-state index contributed by atoms with van der Waals surface area (Å²) in [6.07, 6.45) is 2.70. The van der Waals surface area contributed by atoms with Crippen LogP contribution in [-0.2, 0) is 6.61 Å². The van der Waals surface area contributed by atoms with Crippen molar-refractivity contribution in [1.82, 2.24) is 4.98 Å². The van der Waals surface area contributed by atoms with Crippen molar-refractivity contribution < 1.29 is 14.4 Å². The van der Waals surface area contributed by atoms with E-state index in [2.05, 4.69) is 31.4 Å². The van der Waals surface area contributed by atoms with Crippen LogP contribution in [0.5, 0.6) is 11.5 Å². The number of nitro groups is 1. The third-order valence-corrected chi connectivity index (χ3v) is 5.30. The van der Waals surface area contributed by atoms with Crippen molar-refractivity contribution in [3.05, 3.63) is 84.4 Å². The van der Waals surface area contributed by atoms with E-state index in [0.29, 0.717) is 37.4 Å². The number of benzene rings is 2. The van der Waals surface area contributed by atoms with Gasteiger partial charge in [-0.1, -0.05) is 29.3 Å². The van der Waals surface area contributed by atoms with Gasteiger partial charge in [0.1, 0.15) is 18.6 Å². The van der Waals surface area contributed by atoms with Crippen LogP contribution in [0.25, 0.3) is 0 Å². The van der Waals surface area contributed by atoms with Crippen LogP contribution in [0.3, 0.4) is 0 Å². The number of hydrazone groups is 1. The first-order valence-corrected chi connectivity index (χ1v) is 10.3. The molecule has 0 unspecified atom stereocenters. The quantitative estimate of drug-likeness (QED) is 0.217. The van der Waals surface area contributed by atoms with Gasteiger partial charge < -0.3 is 9.47 Å². The molecule has 0 aliphatic rings. The van der Waals surface area contributed by atoms with E-state index in [1.54, 1.807) is 36.5 Å². The van der Waals surface area contributed by atoms with E-state index in [1.807, 2.05) is 0 Å². The Bertz CT molecular complexity index is 1130. The molecule has 1 aromatic heterocycles. The number of halogens is 3. The number of pyridine rings is 1. The summed E-state index contributed by atoms with van der Waals surface area (Å²) in [5.41, 5.74) is 4.11. The highest BCUT2D eigenvalue weighted by Crippen LogP contribution is 2.34. The molecule has 0 atom stereocenters. The van der Waals surface area contributed by atoms with Crippen molar-refractivity contribution in [2.45, 2.75) is 6.61 Å². The van der Waals surface area contributed by atoms with Crippen LogP contribution in [0, 0.1) is 10.1 Å². The van der Waals surface area contributed by atoms with Gasteiger partial charge in [0.15, 0.2) is 11.5 Å². The zero-order valence-corrected chi connectivity index (χ0v) is 19.1. The molecule has 0 amide bonds. The number of anilines is 1. The number of ether oxygens (including phenoxy) is 2. The number of aromatic nitrogens is 1. The highest BCUT2D eigenvalue weighted by Gasteiger charge is 2.11. The van der Waals surface area contributed by atoms with E-state index in [9.17, 15) is 10.1 Å². The lowest BCUT2D eigenvalue weighted by molar-refractivity contribution is -0.385. The summed E-state index contributed by atoms with van der Waals surface area (Å²) in [5, 5.41) is 15.8. The third-order valence-electron chi connectivity index (χ3n) is 4.02. The van der Waals surface area contributed by atoms with Crippen LogP contribution >= 0.6 is 39.1 Å². The van der Waals surface area contributed by atoms with Crippen LogP contribution < -0.4 is 14.9 Å². The standard InChI is InChI=1S/C20H15BrCl2N4O4/c1-30-18-6-13(9-25-26-20-5-4-15(10-24-20)27(28)29)16(21)8-19(18)31-11-12-2-3-14(22)7-17(12)23/h2-10H,11H2,1H3,(H,24,26). The van der Waals surface area contributed by atoms with E-state index in [-0.39, 0.29) is 12.3 Å². The highest BCUT2D eigenvalue weighted by molar-refractivity contribution is 9.10. The summed E-state index contributed by atoms with van der Waals surface area (Å²) in [5.74, 6) is 1.38. The Labute approximate surface area is 196 Å². The predicted octanol–water partition coefficient (Wildman–Crippen LogP) is 6.09. The lowest BCUT2D eigenvalue weighted by atomic mass is 10.2. The molecule has 2 aromatic carbocycles. The van der Waals surface area contributed by atoms with Gasteiger partial charge in [0.25, 0.3) is 5.69 Å². The molecular weight excluding hydrogens is 511 g/mol. The summed E-state index contributed by atoms with van der Waals surface area (Å²) in [6.45, 7) is 0.236. The first-order valence-electron chi connectivity index (χ1n) is 8.71. The number of nitrogens with zero attached hydrogens (tertiary/aromatic N) is 3. The maximum Gasteiger partial charge on any atom is 0.287 e. The zero-order valence-electron chi connectivity index (χ0n) is 16.0. The average molecular weight is 526 g/mol. The Hall–Kier alpha value is -2.88. The Morgan fingerprint density at radius 2 is 2.03 bits per heavy atom. The van der Waals surface area contributed by atoms with Gasteiger partial charge >= 0.3 is 0 Å². The normalized spacial score (nSPS) is 10.8. The fourth-order valence-electron chi connectivity index (χ4n) is 2.44. The average Bonchev–Trinajstić information content (AvgIpc) is 2.74. The minimum absolute atomic E-state index is 0.0995. The van der Waals surface area contributed by atoms with E-state index in [0.717, 1.165) is 11.8 Å². The molecule has 160 valence electrons. The Morgan fingerprint density at radius 1 is 1.23 bits per heavy atom. The number of hydrogen-bond donors (Lipinski definition) is 1. The molecule has 31 heavy (non-hydrogen) atoms. The van der Waals surface area contributed by atoms with Crippen LogP contribution in [-0.4, -0.2) is 23.2 Å².